The van der Waals surface area contributed by atoms with Gasteiger partial charge in [-0.1, -0.05) is 6.92 Å². The van der Waals surface area contributed by atoms with Gasteiger partial charge in [0.05, 0.1) is 0 Å². The Balaban J connectivity index is 1.71. The molecule has 1 saturated carbocycles. The molecule has 1 heterocycles. The summed E-state index contributed by atoms with van der Waals surface area (Å²) in [4.78, 5) is 0. The van der Waals surface area contributed by atoms with Crippen molar-refractivity contribution in [2.24, 2.45) is 5.92 Å². The molecule has 1 aromatic heterocycles. The summed E-state index contributed by atoms with van der Waals surface area (Å²) >= 11 is 1.79. The van der Waals surface area contributed by atoms with Gasteiger partial charge < -0.3 is 5.32 Å². The average molecular weight is 209 g/mol. The number of nitrogens with one attached hydrogen (secondary N) is 1. The molecule has 0 saturated heterocycles. The first-order valence-electron chi connectivity index (χ1n) is 5.51. The van der Waals surface area contributed by atoms with E-state index in [0.717, 1.165) is 12.0 Å². The lowest BCUT2D eigenvalue weighted by molar-refractivity contribution is 0.225. The highest BCUT2D eigenvalue weighted by molar-refractivity contribution is 7.07. The van der Waals surface area contributed by atoms with Crippen molar-refractivity contribution in [3.05, 3.63) is 22.4 Å². The Labute approximate surface area is 90.5 Å². The smallest absolute Gasteiger partial charge is 0.00820 e. The molecular formula is C12H19NS. The second kappa shape index (κ2) is 4.45. The van der Waals surface area contributed by atoms with Gasteiger partial charge in [-0.2, -0.15) is 11.3 Å². The third-order valence-electron chi connectivity index (χ3n) is 3.02. The van der Waals surface area contributed by atoms with E-state index in [2.05, 4.69) is 36.0 Å². The predicted octanol–water partition coefficient (Wildman–Crippen LogP) is 3.07. The van der Waals surface area contributed by atoms with Crippen LogP contribution in [0.5, 0.6) is 0 Å². The fraction of sp³-hybridized carbons (Fsp3) is 0.667. The molecule has 0 aliphatic heterocycles. The van der Waals surface area contributed by atoms with Crippen LogP contribution in [0.2, 0.25) is 0 Å². The molecule has 1 aliphatic rings. The van der Waals surface area contributed by atoms with Crippen molar-refractivity contribution in [1.29, 1.82) is 0 Å². The zero-order valence-electron chi connectivity index (χ0n) is 8.99. The molecule has 0 spiro atoms. The summed E-state index contributed by atoms with van der Waals surface area (Å²) in [5, 5.41) is 8.10. The van der Waals surface area contributed by atoms with Gasteiger partial charge in [-0.15, -0.1) is 0 Å². The molecule has 1 fully saturated rings. The van der Waals surface area contributed by atoms with Gasteiger partial charge in [0.2, 0.25) is 0 Å². The summed E-state index contributed by atoms with van der Waals surface area (Å²) < 4.78 is 0. The standard InChI is InChI=1S/C12H19NS/c1-9-5-12(6-9)13-10(2)7-11-3-4-14-8-11/h3-4,8-10,12-13H,5-7H2,1-2H3. The van der Waals surface area contributed by atoms with Gasteiger partial charge in [-0.25, -0.2) is 0 Å². The van der Waals surface area contributed by atoms with Crippen molar-refractivity contribution in [3.8, 4) is 0 Å². The number of thiophene rings is 1. The lowest BCUT2D eigenvalue weighted by Crippen LogP contribution is -2.45. The highest BCUT2D eigenvalue weighted by Crippen LogP contribution is 2.26. The molecule has 0 amide bonds. The second-order valence-electron chi connectivity index (χ2n) is 4.68. The molecule has 78 valence electrons. The first kappa shape index (κ1) is 10.2. The van der Waals surface area contributed by atoms with Gasteiger partial charge in [0.15, 0.2) is 0 Å². The van der Waals surface area contributed by atoms with E-state index in [-0.39, 0.29) is 0 Å². The maximum atomic E-state index is 3.69. The Hall–Kier alpha value is -0.340. The van der Waals surface area contributed by atoms with Gasteiger partial charge in [0.25, 0.3) is 0 Å². The van der Waals surface area contributed by atoms with Gasteiger partial charge in [-0.05, 0) is 54.5 Å². The lowest BCUT2D eigenvalue weighted by atomic mass is 9.81. The zero-order valence-corrected chi connectivity index (χ0v) is 9.81. The maximum Gasteiger partial charge on any atom is 0.00820 e. The monoisotopic (exact) mass is 209 g/mol. The average Bonchev–Trinajstić information content (AvgIpc) is 2.54. The Morgan fingerprint density at radius 2 is 2.36 bits per heavy atom. The molecule has 1 unspecified atom stereocenters. The Morgan fingerprint density at radius 1 is 1.57 bits per heavy atom. The van der Waals surface area contributed by atoms with E-state index < -0.39 is 0 Å². The summed E-state index contributed by atoms with van der Waals surface area (Å²) in [7, 11) is 0. The van der Waals surface area contributed by atoms with Crippen LogP contribution in [0.25, 0.3) is 0 Å². The molecule has 2 heteroatoms. The van der Waals surface area contributed by atoms with Crippen LogP contribution in [0, 0.1) is 5.92 Å². The minimum Gasteiger partial charge on any atom is -0.311 e. The molecule has 14 heavy (non-hydrogen) atoms. The molecule has 1 aromatic rings. The minimum atomic E-state index is 0.627. The van der Waals surface area contributed by atoms with Crippen LogP contribution in [0.3, 0.4) is 0 Å². The minimum absolute atomic E-state index is 0.627. The molecule has 1 nitrogen and oxygen atoms in total. The van der Waals surface area contributed by atoms with Crippen LogP contribution >= 0.6 is 11.3 Å². The predicted molar refractivity (Wildman–Crippen MR) is 62.8 cm³/mol. The van der Waals surface area contributed by atoms with Crippen molar-refractivity contribution in [2.75, 3.05) is 0 Å². The Kier molecular flexibility index (Phi) is 3.24. The molecule has 0 aromatic carbocycles. The van der Waals surface area contributed by atoms with E-state index in [0.29, 0.717) is 6.04 Å². The van der Waals surface area contributed by atoms with E-state index >= 15 is 0 Å². The van der Waals surface area contributed by atoms with Gasteiger partial charge in [0, 0.05) is 12.1 Å². The van der Waals surface area contributed by atoms with E-state index in [1.54, 1.807) is 11.3 Å². The third-order valence-corrected chi connectivity index (χ3v) is 3.75. The summed E-state index contributed by atoms with van der Waals surface area (Å²) in [6.07, 6.45) is 3.91. The zero-order chi connectivity index (χ0) is 9.97. The van der Waals surface area contributed by atoms with Crippen molar-refractivity contribution in [1.82, 2.24) is 5.32 Å². The molecule has 0 bridgehead atoms. The van der Waals surface area contributed by atoms with Crippen LogP contribution in [-0.2, 0) is 6.42 Å². The fourth-order valence-electron chi connectivity index (χ4n) is 2.26. The first-order valence-corrected chi connectivity index (χ1v) is 6.45. The summed E-state index contributed by atoms with van der Waals surface area (Å²) in [5.41, 5.74) is 1.47. The van der Waals surface area contributed by atoms with Crippen molar-refractivity contribution >= 4 is 11.3 Å². The first-order chi connectivity index (χ1) is 6.74. The molecule has 2 rings (SSSR count). The SMILES string of the molecule is CC1CC(NC(C)Cc2ccsc2)C1. The Bertz CT molecular complexity index is 262. The summed E-state index contributed by atoms with van der Waals surface area (Å²) in [6.45, 7) is 4.63. The molecule has 1 aliphatic carbocycles. The lowest BCUT2D eigenvalue weighted by Gasteiger charge is -2.35. The van der Waals surface area contributed by atoms with Gasteiger partial charge >= 0.3 is 0 Å². The van der Waals surface area contributed by atoms with Crippen molar-refractivity contribution in [2.45, 2.75) is 45.2 Å². The topological polar surface area (TPSA) is 12.0 Å². The van der Waals surface area contributed by atoms with Gasteiger partial charge in [-0.3, -0.25) is 0 Å². The summed E-state index contributed by atoms with van der Waals surface area (Å²) in [5.74, 6) is 0.945. The maximum absolute atomic E-state index is 3.69. The number of hydrogen-bond acceptors (Lipinski definition) is 2. The molecule has 1 atom stereocenters. The quantitative estimate of drug-likeness (QED) is 0.803. The van der Waals surface area contributed by atoms with E-state index in [4.69, 9.17) is 0 Å². The molecule has 0 radical (unpaired) electrons. The number of hydrogen-bond donors (Lipinski definition) is 1. The normalized spacial score (nSPS) is 28.4. The molecular weight excluding hydrogens is 190 g/mol. The number of rotatable bonds is 4. The third kappa shape index (κ3) is 2.58. The van der Waals surface area contributed by atoms with E-state index in [1.165, 1.54) is 24.8 Å². The van der Waals surface area contributed by atoms with Gasteiger partial charge in [0.1, 0.15) is 0 Å². The highest BCUT2D eigenvalue weighted by atomic mass is 32.1. The van der Waals surface area contributed by atoms with E-state index in [1.807, 2.05) is 0 Å². The van der Waals surface area contributed by atoms with Crippen molar-refractivity contribution in [3.63, 3.8) is 0 Å². The summed E-state index contributed by atoms with van der Waals surface area (Å²) in [6, 6.07) is 3.65. The van der Waals surface area contributed by atoms with E-state index in [9.17, 15) is 0 Å². The second-order valence-corrected chi connectivity index (χ2v) is 5.46. The van der Waals surface area contributed by atoms with Crippen LogP contribution in [-0.4, -0.2) is 12.1 Å². The highest BCUT2D eigenvalue weighted by Gasteiger charge is 2.25. The van der Waals surface area contributed by atoms with Crippen LogP contribution < -0.4 is 5.32 Å². The Morgan fingerprint density at radius 3 is 2.93 bits per heavy atom. The largest absolute Gasteiger partial charge is 0.311 e. The van der Waals surface area contributed by atoms with Crippen LogP contribution in [0.15, 0.2) is 16.8 Å². The van der Waals surface area contributed by atoms with Crippen molar-refractivity contribution < 1.29 is 0 Å². The fourth-order valence-corrected chi connectivity index (χ4v) is 2.94. The van der Waals surface area contributed by atoms with Crippen LogP contribution in [0.1, 0.15) is 32.3 Å². The van der Waals surface area contributed by atoms with Crippen LogP contribution in [0.4, 0.5) is 0 Å². The molecule has 1 N–H and O–H groups in total.